The summed E-state index contributed by atoms with van der Waals surface area (Å²) in [4.78, 5) is 0. The molecule has 3 heteroatoms. The summed E-state index contributed by atoms with van der Waals surface area (Å²) >= 11 is 3.54. The lowest BCUT2D eigenvalue weighted by Crippen LogP contribution is -2.22. The Morgan fingerprint density at radius 3 is 2.69 bits per heavy atom. The first-order valence-corrected chi connectivity index (χ1v) is 6.45. The maximum atomic E-state index is 6.11. The van der Waals surface area contributed by atoms with Crippen LogP contribution < -0.4 is 10.5 Å². The van der Waals surface area contributed by atoms with Gasteiger partial charge in [0, 0.05) is 5.54 Å². The molecule has 1 aromatic carbocycles. The first-order chi connectivity index (χ1) is 7.54. The molecule has 0 saturated heterocycles. The number of hydrogen-bond acceptors (Lipinski definition) is 2. The first-order valence-electron chi connectivity index (χ1n) is 5.66. The molecule has 1 aromatic rings. The first kappa shape index (κ1) is 11.9. The number of halogens is 1. The van der Waals surface area contributed by atoms with E-state index in [0.717, 1.165) is 23.1 Å². The molecule has 0 unspecified atom stereocenters. The molecule has 0 spiro atoms. The number of ether oxygens (including phenoxy) is 1. The standard InChI is InChI=1S/C13H18BrNO/c1-9-7-10(3-4-13(15)5-6-13)12(16-2)11(14)8-9/h7-8H,3-6,15H2,1-2H3. The number of benzene rings is 1. The van der Waals surface area contributed by atoms with Crippen LogP contribution in [0.25, 0.3) is 0 Å². The Morgan fingerprint density at radius 2 is 2.12 bits per heavy atom. The van der Waals surface area contributed by atoms with E-state index in [2.05, 4.69) is 35.0 Å². The van der Waals surface area contributed by atoms with Crippen LogP contribution in [-0.4, -0.2) is 12.6 Å². The van der Waals surface area contributed by atoms with E-state index in [4.69, 9.17) is 10.5 Å². The third kappa shape index (κ3) is 2.58. The van der Waals surface area contributed by atoms with Crippen LogP contribution in [0, 0.1) is 6.92 Å². The van der Waals surface area contributed by atoms with Crippen molar-refractivity contribution in [2.75, 3.05) is 7.11 Å². The molecule has 0 aromatic heterocycles. The zero-order valence-corrected chi connectivity index (χ0v) is 11.4. The Kier molecular flexibility index (Phi) is 3.27. The highest BCUT2D eigenvalue weighted by Gasteiger charge is 2.37. The summed E-state index contributed by atoms with van der Waals surface area (Å²) in [5, 5.41) is 0. The average molecular weight is 284 g/mol. The second-order valence-corrected chi connectivity index (χ2v) is 5.66. The van der Waals surface area contributed by atoms with Crippen molar-refractivity contribution in [3.8, 4) is 5.75 Å². The summed E-state index contributed by atoms with van der Waals surface area (Å²) in [6, 6.07) is 4.27. The van der Waals surface area contributed by atoms with Gasteiger partial charge in [-0.15, -0.1) is 0 Å². The molecule has 0 amide bonds. The predicted molar refractivity (Wildman–Crippen MR) is 69.9 cm³/mol. The average Bonchev–Trinajstić information content (AvgIpc) is 2.94. The Balaban J connectivity index is 2.17. The lowest BCUT2D eigenvalue weighted by Gasteiger charge is -2.14. The van der Waals surface area contributed by atoms with Gasteiger partial charge in [-0.3, -0.25) is 0 Å². The third-order valence-corrected chi connectivity index (χ3v) is 3.84. The van der Waals surface area contributed by atoms with Crippen LogP contribution in [0.5, 0.6) is 5.75 Å². The summed E-state index contributed by atoms with van der Waals surface area (Å²) in [5.41, 5.74) is 8.73. The lowest BCUT2D eigenvalue weighted by atomic mass is 10.0. The van der Waals surface area contributed by atoms with Crippen molar-refractivity contribution in [1.82, 2.24) is 0 Å². The fourth-order valence-corrected chi connectivity index (χ4v) is 2.79. The Labute approximate surface area is 105 Å². The quantitative estimate of drug-likeness (QED) is 0.921. The van der Waals surface area contributed by atoms with Crippen molar-refractivity contribution >= 4 is 15.9 Å². The van der Waals surface area contributed by atoms with E-state index < -0.39 is 0 Å². The van der Waals surface area contributed by atoms with Crippen LogP contribution in [0.15, 0.2) is 16.6 Å². The maximum Gasteiger partial charge on any atom is 0.136 e. The van der Waals surface area contributed by atoms with Gasteiger partial charge in [-0.05, 0) is 65.7 Å². The molecule has 0 bridgehead atoms. The summed E-state index contributed by atoms with van der Waals surface area (Å²) in [6.07, 6.45) is 4.39. The number of aryl methyl sites for hydroxylation is 2. The maximum absolute atomic E-state index is 6.11. The molecule has 2 N–H and O–H groups in total. The number of rotatable bonds is 4. The monoisotopic (exact) mass is 283 g/mol. The lowest BCUT2D eigenvalue weighted by molar-refractivity contribution is 0.405. The Bertz CT molecular complexity index is 399. The molecule has 1 saturated carbocycles. The van der Waals surface area contributed by atoms with Gasteiger partial charge in [-0.1, -0.05) is 6.07 Å². The van der Waals surface area contributed by atoms with E-state index in [9.17, 15) is 0 Å². The Hall–Kier alpha value is -0.540. The summed E-state index contributed by atoms with van der Waals surface area (Å²) in [6.45, 7) is 2.10. The van der Waals surface area contributed by atoms with Crippen molar-refractivity contribution in [3.63, 3.8) is 0 Å². The molecule has 16 heavy (non-hydrogen) atoms. The van der Waals surface area contributed by atoms with E-state index in [1.165, 1.54) is 24.0 Å². The van der Waals surface area contributed by atoms with E-state index >= 15 is 0 Å². The highest BCUT2D eigenvalue weighted by Crippen LogP contribution is 2.38. The second kappa shape index (κ2) is 4.38. The fourth-order valence-electron chi connectivity index (χ4n) is 2.01. The highest BCUT2D eigenvalue weighted by molar-refractivity contribution is 9.10. The molecule has 2 rings (SSSR count). The molecule has 0 atom stereocenters. The molecule has 0 radical (unpaired) electrons. The van der Waals surface area contributed by atoms with Crippen molar-refractivity contribution in [2.45, 2.75) is 38.1 Å². The molecule has 1 fully saturated rings. The van der Waals surface area contributed by atoms with Gasteiger partial charge in [0.2, 0.25) is 0 Å². The van der Waals surface area contributed by atoms with Gasteiger partial charge < -0.3 is 10.5 Å². The van der Waals surface area contributed by atoms with Gasteiger partial charge in [0.1, 0.15) is 5.75 Å². The van der Waals surface area contributed by atoms with Crippen molar-refractivity contribution in [2.24, 2.45) is 5.73 Å². The molecule has 1 aliphatic carbocycles. The van der Waals surface area contributed by atoms with Gasteiger partial charge in [0.15, 0.2) is 0 Å². The number of nitrogens with two attached hydrogens (primary N) is 1. The van der Waals surface area contributed by atoms with Crippen LogP contribution in [0.1, 0.15) is 30.4 Å². The van der Waals surface area contributed by atoms with Gasteiger partial charge >= 0.3 is 0 Å². The van der Waals surface area contributed by atoms with Crippen LogP contribution in [0.3, 0.4) is 0 Å². The molecule has 1 aliphatic rings. The smallest absolute Gasteiger partial charge is 0.136 e. The van der Waals surface area contributed by atoms with Crippen LogP contribution >= 0.6 is 15.9 Å². The van der Waals surface area contributed by atoms with Crippen LogP contribution in [0.4, 0.5) is 0 Å². The van der Waals surface area contributed by atoms with Gasteiger partial charge in [0.25, 0.3) is 0 Å². The molecule has 0 aliphatic heterocycles. The van der Waals surface area contributed by atoms with Gasteiger partial charge in [-0.25, -0.2) is 0 Å². The largest absolute Gasteiger partial charge is 0.495 e. The second-order valence-electron chi connectivity index (χ2n) is 4.80. The minimum absolute atomic E-state index is 0.112. The molecular weight excluding hydrogens is 266 g/mol. The molecule has 2 nitrogen and oxygen atoms in total. The number of methoxy groups -OCH3 is 1. The topological polar surface area (TPSA) is 35.2 Å². The minimum Gasteiger partial charge on any atom is -0.495 e. The van der Waals surface area contributed by atoms with Gasteiger partial charge in [0.05, 0.1) is 11.6 Å². The summed E-state index contributed by atoms with van der Waals surface area (Å²) in [7, 11) is 1.72. The third-order valence-electron chi connectivity index (χ3n) is 3.25. The predicted octanol–water partition coefficient (Wildman–Crippen LogP) is 3.19. The SMILES string of the molecule is COc1c(Br)cc(C)cc1CCC1(N)CC1. The fraction of sp³-hybridized carbons (Fsp3) is 0.538. The molecular formula is C13H18BrNO. The van der Waals surface area contributed by atoms with Gasteiger partial charge in [-0.2, -0.15) is 0 Å². The minimum atomic E-state index is 0.112. The van der Waals surface area contributed by atoms with Crippen molar-refractivity contribution in [3.05, 3.63) is 27.7 Å². The normalized spacial score (nSPS) is 17.2. The van der Waals surface area contributed by atoms with E-state index in [0.29, 0.717) is 0 Å². The van der Waals surface area contributed by atoms with Crippen LogP contribution in [-0.2, 0) is 6.42 Å². The highest BCUT2D eigenvalue weighted by atomic mass is 79.9. The molecule has 0 heterocycles. The van der Waals surface area contributed by atoms with Crippen molar-refractivity contribution in [1.29, 1.82) is 0 Å². The molecule has 88 valence electrons. The van der Waals surface area contributed by atoms with E-state index in [-0.39, 0.29) is 5.54 Å². The zero-order chi connectivity index (χ0) is 11.8. The van der Waals surface area contributed by atoms with E-state index in [1.54, 1.807) is 7.11 Å². The van der Waals surface area contributed by atoms with Crippen molar-refractivity contribution < 1.29 is 4.74 Å². The Morgan fingerprint density at radius 1 is 1.44 bits per heavy atom. The zero-order valence-electron chi connectivity index (χ0n) is 9.85. The van der Waals surface area contributed by atoms with Crippen LogP contribution in [0.2, 0.25) is 0 Å². The summed E-state index contributed by atoms with van der Waals surface area (Å²) < 4.78 is 6.46. The number of hydrogen-bond donors (Lipinski definition) is 1. The summed E-state index contributed by atoms with van der Waals surface area (Å²) in [5.74, 6) is 0.954. The van der Waals surface area contributed by atoms with E-state index in [1.807, 2.05) is 0 Å².